The van der Waals surface area contributed by atoms with Gasteiger partial charge in [-0.25, -0.2) is 8.78 Å². The highest BCUT2D eigenvalue weighted by molar-refractivity contribution is 5.50. The summed E-state index contributed by atoms with van der Waals surface area (Å²) in [6, 6.07) is 9.52. The summed E-state index contributed by atoms with van der Waals surface area (Å²) in [6.07, 6.45) is -0.763. The highest BCUT2D eigenvalue weighted by Gasteiger charge is 2.50. The molecule has 4 rings (SSSR count). The molecule has 0 unspecified atom stereocenters. The number of aryl methyl sites for hydroxylation is 1. The Balaban J connectivity index is 1.69. The predicted molar refractivity (Wildman–Crippen MR) is 100 cm³/mol. The molecular weight excluding hydrogens is 364 g/mol. The fraction of sp³-hybridized carbons (Fsp3) is 0.450. The van der Waals surface area contributed by atoms with E-state index in [1.807, 2.05) is 31.1 Å². The van der Waals surface area contributed by atoms with Gasteiger partial charge >= 0.3 is 0 Å². The Kier molecular flexibility index (Phi) is 4.74. The van der Waals surface area contributed by atoms with Crippen molar-refractivity contribution in [2.24, 2.45) is 0 Å². The lowest BCUT2D eigenvalue weighted by Crippen LogP contribution is -2.19. The fourth-order valence-corrected chi connectivity index (χ4v) is 3.55. The summed E-state index contributed by atoms with van der Waals surface area (Å²) in [5.41, 5.74) is 2.27. The molecule has 0 saturated heterocycles. The van der Waals surface area contributed by atoms with Gasteiger partial charge in [-0.05, 0) is 51.1 Å². The average molecular weight is 387 g/mol. The van der Waals surface area contributed by atoms with Crippen molar-refractivity contribution < 1.29 is 13.3 Å². The van der Waals surface area contributed by atoms with Gasteiger partial charge in [-0.1, -0.05) is 29.4 Å². The van der Waals surface area contributed by atoms with Crippen LogP contribution in [0.4, 0.5) is 8.78 Å². The zero-order chi connectivity index (χ0) is 19.9. The van der Waals surface area contributed by atoms with Crippen LogP contribution in [0, 0.1) is 6.92 Å². The molecule has 1 aromatic carbocycles. The van der Waals surface area contributed by atoms with E-state index in [0.717, 1.165) is 12.8 Å². The third-order valence-corrected chi connectivity index (χ3v) is 5.27. The van der Waals surface area contributed by atoms with E-state index in [-0.39, 0.29) is 17.0 Å². The van der Waals surface area contributed by atoms with Crippen LogP contribution in [0.3, 0.4) is 0 Å². The Morgan fingerprint density at radius 3 is 2.64 bits per heavy atom. The van der Waals surface area contributed by atoms with Gasteiger partial charge in [0.2, 0.25) is 0 Å². The number of likely N-dealkylation sites (N-methyl/N-ethyl adjacent to an activating group) is 1. The highest BCUT2D eigenvalue weighted by Crippen LogP contribution is 2.53. The number of hydrogen-bond donors (Lipinski definition) is 0. The maximum atomic E-state index is 13.2. The number of rotatable bonds is 7. The zero-order valence-corrected chi connectivity index (χ0v) is 16.2. The summed E-state index contributed by atoms with van der Waals surface area (Å²) in [5.74, 6) is 0.837. The molecule has 2 heterocycles. The van der Waals surface area contributed by atoms with E-state index in [1.165, 1.54) is 21.9 Å². The summed E-state index contributed by atoms with van der Waals surface area (Å²) in [5, 5.41) is 8.24. The van der Waals surface area contributed by atoms with Crippen molar-refractivity contribution in [3.05, 3.63) is 53.0 Å². The molecule has 0 N–H and O–H groups in total. The van der Waals surface area contributed by atoms with Crippen molar-refractivity contribution >= 4 is 0 Å². The van der Waals surface area contributed by atoms with Crippen molar-refractivity contribution in [3.63, 3.8) is 0 Å². The Hall–Kier alpha value is -2.61. The van der Waals surface area contributed by atoms with Crippen molar-refractivity contribution in [2.45, 2.75) is 38.2 Å². The van der Waals surface area contributed by atoms with Gasteiger partial charge in [0, 0.05) is 6.54 Å². The van der Waals surface area contributed by atoms with Gasteiger partial charge in [-0.2, -0.15) is 10.1 Å². The van der Waals surface area contributed by atoms with Gasteiger partial charge in [0.05, 0.1) is 12.0 Å². The van der Waals surface area contributed by atoms with Crippen molar-refractivity contribution in [1.29, 1.82) is 0 Å². The second kappa shape index (κ2) is 7.09. The molecule has 3 aromatic rings. The number of aromatic nitrogens is 4. The van der Waals surface area contributed by atoms with Crippen molar-refractivity contribution in [1.82, 2.24) is 24.8 Å². The van der Waals surface area contributed by atoms with Gasteiger partial charge < -0.3 is 9.42 Å². The molecule has 0 atom stereocenters. The molecule has 28 heavy (non-hydrogen) atoms. The number of halogens is 2. The Morgan fingerprint density at radius 1 is 1.25 bits per heavy atom. The third-order valence-electron chi connectivity index (χ3n) is 5.27. The van der Waals surface area contributed by atoms with Crippen LogP contribution < -0.4 is 0 Å². The molecule has 1 fully saturated rings. The van der Waals surface area contributed by atoms with E-state index < -0.39 is 6.43 Å². The highest BCUT2D eigenvalue weighted by atomic mass is 19.3. The first-order valence-electron chi connectivity index (χ1n) is 9.32. The third kappa shape index (κ3) is 3.32. The molecule has 2 aromatic heterocycles. The molecule has 6 nitrogen and oxygen atoms in total. The lowest BCUT2D eigenvalue weighted by molar-refractivity contribution is 0.145. The van der Waals surface area contributed by atoms with Crippen LogP contribution in [0.25, 0.3) is 11.6 Å². The Labute approximate surface area is 162 Å². The molecule has 1 aliphatic rings. The first-order chi connectivity index (χ1) is 13.4. The summed E-state index contributed by atoms with van der Waals surface area (Å²) >= 11 is 0. The second-order valence-corrected chi connectivity index (χ2v) is 7.60. The molecule has 0 radical (unpaired) electrons. The standard InChI is InChI=1S/C20H23F2N5O/c1-13-6-4-5-7-14(13)20(8-9-20)19-23-18(28-25-19)16-12-15(17(21)22)24-27(16)11-10-26(2)3/h4-7,12,17H,8-11H2,1-3H3. The minimum Gasteiger partial charge on any atom is -0.332 e. The van der Waals surface area contributed by atoms with Crippen LogP contribution in [-0.2, 0) is 12.0 Å². The largest absolute Gasteiger partial charge is 0.332 e. The summed E-state index contributed by atoms with van der Waals surface area (Å²) in [6.45, 7) is 3.18. The number of alkyl halides is 2. The minimum atomic E-state index is -2.65. The molecule has 8 heteroatoms. The van der Waals surface area contributed by atoms with Crippen LogP contribution >= 0.6 is 0 Å². The van der Waals surface area contributed by atoms with Gasteiger partial charge in [0.1, 0.15) is 11.4 Å². The van der Waals surface area contributed by atoms with Crippen LogP contribution in [0.2, 0.25) is 0 Å². The van der Waals surface area contributed by atoms with Crippen molar-refractivity contribution in [2.75, 3.05) is 20.6 Å². The monoisotopic (exact) mass is 387 g/mol. The normalized spacial score (nSPS) is 15.5. The second-order valence-electron chi connectivity index (χ2n) is 7.60. The van der Waals surface area contributed by atoms with Crippen molar-refractivity contribution in [3.8, 4) is 11.6 Å². The Bertz CT molecular complexity index is 975. The smallest absolute Gasteiger partial charge is 0.282 e. The predicted octanol–water partition coefficient (Wildman–Crippen LogP) is 3.82. The maximum Gasteiger partial charge on any atom is 0.282 e. The number of benzene rings is 1. The van der Waals surface area contributed by atoms with Gasteiger partial charge in [-0.3, -0.25) is 4.68 Å². The summed E-state index contributed by atoms with van der Waals surface area (Å²) in [7, 11) is 3.84. The number of hydrogen-bond acceptors (Lipinski definition) is 5. The van der Waals surface area contributed by atoms with E-state index in [0.29, 0.717) is 24.6 Å². The average Bonchev–Trinajstić information content (AvgIpc) is 3.12. The van der Waals surface area contributed by atoms with Gasteiger partial charge in [0.15, 0.2) is 5.82 Å². The van der Waals surface area contributed by atoms with Gasteiger partial charge in [0.25, 0.3) is 12.3 Å². The molecule has 0 aliphatic heterocycles. The molecule has 1 aliphatic carbocycles. The van der Waals surface area contributed by atoms with Crippen LogP contribution in [-0.4, -0.2) is 45.5 Å². The van der Waals surface area contributed by atoms with E-state index in [1.54, 1.807) is 0 Å². The lowest BCUT2D eigenvalue weighted by atomic mass is 9.91. The summed E-state index contributed by atoms with van der Waals surface area (Å²) < 4.78 is 33.4. The number of nitrogens with zero attached hydrogens (tertiary/aromatic N) is 5. The van der Waals surface area contributed by atoms with Crippen LogP contribution in [0.1, 0.15) is 41.9 Å². The lowest BCUT2D eigenvalue weighted by Gasteiger charge is -2.13. The van der Waals surface area contributed by atoms with Crippen LogP contribution in [0.15, 0.2) is 34.9 Å². The molecule has 0 amide bonds. The molecule has 0 spiro atoms. The van der Waals surface area contributed by atoms with Gasteiger partial charge in [-0.15, -0.1) is 0 Å². The van der Waals surface area contributed by atoms with E-state index in [4.69, 9.17) is 4.52 Å². The quantitative estimate of drug-likeness (QED) is 0.617. The van der Waals surface area contributed by atoms with E-state index in [9.17, 15) is 8.78 Å². The summed E-state index contributed by atoms with van der Waals surface area (Å²) in [4.78, 5) is 6.56. The maximum absolute atomic E-state index is 13.2. The molecule has 148 valence electrons. The molecular formula is C20H23F2N5O. The SMILES string of the molecule is Cc1ccccc1C1(c2noc(-c3cc(C(F)F)nn3CCN(C)C)n2)CC1. The Morgan fingerprint density at radius 2 is 2.00 bits per heavy atom. The minimum absolute atomic E-state index is 0.230. The molecule has 0 bridgehead atoms. The van der Waals surface area contributed by atoms with E-state index in [2.05, 4.69) is 34.3 Å². The van der Waals surface area contributed by atoms with E-state index >= 15 is 0 Å². The molecule has 1 saturated carbocycles. The zero-order valence-electron chi connectivity index (χ0n) is 16.2. The first kappa shape index (κ1) is 18.7. The fourth-order valence-electron chi connectivity index (χ4n) is 3.55. The van der Waals surface area contributed by atoms with Crippen LogP contribution in [0.5, 0.6) is 0 Å². The first-order valence-corrected chi connectivity index (χ1v) is 9.32. The topological polar surface area (TPSA) is 60.0 Å².